The van der Waals surface area contributed by atoms with Gasteiger partial charge in [-0.3, -0.25) is 9.59 Å². The molecular weight excluding hydrogens is 1080 g/mol. The van der Waals surface area contributed by atoms with Crippen LogP contribution in [0.4, 0.5) is 38.0 Å². The molecule has 24 heteroatoms. The first-order chi connectivity index (χ1) is 39.7. The summed E-state index contributed by atoms with van der Waals surface area (Å²) in [7, 11) is 0. The van der Waals surface area contributed by atoms with Gasteiger partial charge >= 0.3 is 12.4 Å². The van der Waals surface area contributed by atoms with Crippen LogP contribution in [0.15, 0.2) is 182 Å². The van der Waals surface area contributed by atoms with Gasteiger partial charge in [-0.15, -0.1) is 0 Å². The Morgan fingerprint density at radius 2 is 0.841 bits per heavy atom. The number of benzene rings is 4. The second kappa shape index (κ2) is 23.6. The quantitative estimate of drug-likeness (QED) is 0.109. The standard InChI is InChI=1S/2C29H22F3N5O4/c2*30-29(31,32)21-10-5-4-9-20(21)22-13-14-25-33-15-23(37(25)36-22)27(38)35-24-11-6-12-26(34-24)41-19-16-39-28(40-17-19)18-7-2-1-3-8-18/h2*1-15,19,28H,16-17H2,(H,34,35,38). The summed E-state index contributed by atoms with van der Waals surface area (Å²) in [6.45, 7) is 1.13. The molecule has 4 aromatic carbocycles. The number of pyridine rings is 2. The Morgan fingerprint density at radius 3 is 1.23 bits per heavy atom. The number of aromatic nitrogens is 8. The molecule has 82 heavy (non-hydrogen) atoms. The molecule has 416 valence electrons. The van der Waals surface area contributed by atoms with Gasteiger partial charge in [-0.1, -0.05) is 109 Å². The lowest BCUT2D eigenvalue weighted by Gasteiger charge is -2.29. The number of nitrogens with one attached hydrogen (secondary N) is 2. The molecule has 6 aromatic heterocycles. The second-order valence-corrected chi connectivity index (χ2v) is 18.3. The Kier molecular flexibility index (Phi) is 15.6. The zero-order valence-electron chi connectivity index (χ0n) is 42.6. The van der Waals surface area contributed by atoms with Crippen molar-refractivity contribution in [2.45, 2.75) is 37.1 Å². The third-order valence-electron chi connectivity index (χ3n) is 12.6. The maximum Gasteiger partial charge on any atom is 0.417 e. The number of rotatable bonds is 12. The third-order valence-corrected chi connectivity index (χ3v) is 12.6. The van der Waals surface area contributed by atoms with Crippen molar-refractivity contribution in [1.82, 2.24) is 39.2 Å². The Bertz CT molecular complexity index is 3620. The van der Waals surface area contributed by atoms with Gasteiger partial charge in [-0.2, -0.15) is 46.5 Å². The fraction of sp³-hybridized carbons (Fsp3) is 0.172. The molecule has 0 unspecified atom stereocenters. The summed E-state index contributed by atoms with van der Waals surface area (Å²) < 4.78 is 119. The fourth-order valence-corrected chi connectivity index (χ4v) is 8.77. The van der Waals surface area contributed by atoms with E-state index in [2.05, 4.69) is 40.8 Å². The first-order valence-electron chi connectivity index (χ1n) is 25.2. The van der Waals surface area contributed by atoms with E-state index in [-0.39, 0.29) is 83.7 Å². The molecule has 12 rings (SSSR count). The van der Waals surface area contributed by atoms with Gasteiger partial charge in [0.2, 0.25) is 11.8 Å². The topological polar surface area (TPSA) is 200 Å². The van der Waals surface area contributed by atoms with E-state index in [1.165, 1.54) is 82.1 Å². The fourth-order valence-electron chi connectivity index (χ4n) is 8.77. The van der Waals surface area contributed by atoms with E-state index in [9.17, 15) is 35.9 Å². The molecule has 0 aliphatic carbocycles. The number of nitrogens with zero attached hydrogens (tertiary/aromatic N) is 8. The van der Waals surface area contributed by atoms with E-state index in [0.29, 0.717) is 11.3 Å². The van der Waals surface area contributed by atoms with Crippen LogP contribution in [0.25, 0.3) is 33.8 Å². The summed E-state index contributed by atoms with van der Waals surface area (Å²) in [4.78, 5) is 43.2. The summed E-state index contributed by atoms with van der Waals surface area (Å²) >= 11 is 0. The molecule has 0 atom stereocenters. The zero-order valence-corrected chi connectivity index (χ0v) is 42.6. The zero-order chi connectivity index (χ0) is 56.8. The molecule has 2 aliphatic heterocycles. The van der Waals surface area contributed by atoms with Gasteiger partial charge in [0.15, 0.2) is 35.3 Å². The lowest BCUT2D eigenvalue weighted by molar-refractivity contribution is -0.216. The number of carbonyl (C=O) groups is 2. The Labute approximate surface area is 461 Å². The van der Waals surface area contributed by atoms with E-state index in [1.54, 1.807) is 36.4 Å². The van der Waals surface area contributed by atoms with Crippen LogP contribution in [0, 0.1) is 0 Å². The lowest BCUT2D eigenvalue weighted by atomic mass is 10.0. The maximum absolute atomic E-state index is 13.6. The van der Waals surface area contributed by atoms with Crippen LogP contribution in [0.5, 0.6) is 11.8 Å². The highest BCUT2D eigenvalue weighted by molar-refractivity contribution is 6.03. The highest BCUT2D eigenvalue weighted by Gasteiger charge is 2.35. The van der Waals surface area contributed by atoms with E-state index in [1.807, 2.05) is 60.7 Å². The third kappa shape index (κ3) is 12.5. The molecule has 2 N–H and O–H groups in total. The minimum Gasteiger partial charge on any atom is -0.469 e. The van der Waals surface area contributed by atoms with Crippen molar-refractivity contribution >= 4 is 34.7 Å². The number of alkyl halides is 6. The van der Waals surface area contributed by atoms with Gasteiger partial charge < -0.3 is 39.1 Å². The molecular formula is C58H44F6N10O8. The summed E-state index contributed by atoms with van der Waals surface area (Å²) in [6.07, 6.45) is -8.33. The van der Waals surface area contributed by atoms with E-state index in [0.717, 1.165) is 23.3 Å². The van der Waals surface area contributed by atoms with Crippen LogP contribution >= 0.6 is 0 Å². The van der Waals surface area contributed by atoms with Gasteiger partial charge in [0, 0.05) is 34.4 Å². The van der Waals surface area contributed by atoms with Gasteiger partial charge in [0.1, 0.15) is 23.8 Å². The molecule has 10 aromatic rings. The van der Waals surface area contributed by atoms with Crippen LogP contribution in [0.3, 0.4) is 0 Å². The van der Waals surface area contributed by atoms with E-state index in [4.69, 9.17) is 28.4 Å². The average molecular weight is 1120 g/mol. The van der Waals surface area contributed by atoms with E-state index < -0.39 is 60.1 Å². The van der Waals surface area contributed by atoms with Crippen molar-refractivity contribution in [3.8, 4) is 34.3 Å². The van der Waals surface area contributed by atoms with E-state index >= 15 is 0 Å². The number of hydrogen-bond acceptors (Lipinski definition) is 14. The van der Waals surface area contributed by atoms with Gasteiger partial charge in [0.05, 0.1) is 61.3 Å². The highest BCUT2D eigenvalue weighted by atomic mass is 19.4. The van der Waals surface area contributed by atoms with Crippen molar-refractivity contribution in [3.05, 3.63) is 216 Å². The van der Waals surface area contributed by atoms with Crippen LogP contribution in [0.1, 0.15) is 55.8 Å². The highest BCUT2D eigenvalue weighted by Crippen LogP contribution is 2.38. The van der Waals surface area contributed by atoms with Gasteiger partial charge in [-0.05, 0) is 48.5 Å². The first-order valence-corrected chi connectivity index (χ1v) is 25.2. The van der Waals surface area contributed by atoms with Crippen LogP contribution in [0.2, 0.25) is 0 Å². The monoisotopic (exact) mass is 1120 g/mol. The molecule has 0 spiro atoms. The van der Waals surface area contributed by atoms with Gasteiger partial charge in [-0.25, -0.2) is 19.0 Å². The number of anilines is 2. The van der Waals surface area contributed by atoms with Crippen molar-refractivity contribution in [2.24, 2.45) is 0 Å². The molecule has 2 fully saturated rings. The van der Waals surface area contributed by atoms with Crippen LogP contribution in [-0.2, 0) is 31.3 Å². The summed E-state index contributed by atoms with van der Waals surface area (Å²) in [6, 6.07) is 44.9. The molecule has 2 saturated heterocycles. The maximum atomic E-state index is 13.6. The Morgan fingerprint density at radius 1 is 0.463 bits per heavy atom. The average Bonchev–Trinajstić information content (AvgIpc) is 4.15. The van der Waals surface area contributed by atoms with Crippen molar-refractivity contribution in [1.29, 1.82) is 0 Å². The summed E-state index contributed by atoms with van der Waals surface area (Å²) in [5, 5.41) is 13.9. The first kappa shape index (κ1) is 54.3. The number of ether oxygens (including phenoxy) is 6. The molecule has 8 heterocycles. The van der Waals surface area contributed by atoms with Crippen molar-refractivity contribution in [3.63, 3.8) is 0 Å². The predicted octanol–water partition coefficient (Wildman–Crippen LogP) is 11.1. The van der Waals surface area contributed by atoms with Crippen LogP contribution in [-0.4, -0.2) is 89.6 Å². The molecule has 0 radical (unpaired) electrons. The smallest absolute Gasteiger partial charge is 0.417 e. The Balaban J connectivity index is 0.000000172. The molecule has 18 nitrogen and oxygen atoms in total. The number of amides is 2. The largest absolute Gasteiger partial charge is 0.469 e. The van der Waals surface area contributed by atoms with Crippen molar-refractivity contribution < 1.29 is 64.4 Å². The summed E-state index contributed by atoms with van der Waals surface area (Å²) in [5.74, 6) is -0.320. The minimum atomic E-state index is -4.57. The number of halogens is 6. The number of hydrogen-bond donors (Lipinski definition) is 2. The number of fused-ring (bicyclic) bond motifs is 2. The van der Waals surface area contributed by atoms with Gasteiger partial charge in [0.25, 0.3) is 11.8 Å². The lowest BCUT2D eigenvalue weighted by Crippen LogP contribution is -2.35. The SMILES string of the molecule is O=C(Nc1cccc(OC2COC(c3ccccc3)OC2)n1)c1cnc2ccc(-c3ccccc3C(F)(F)F)nn12.O=C(Nc1cccc(OC2COC(c3ccccc3)OC2)n1)c1cnc2ccc(-c3ccccc3C(F)(F)F)nn12. The molecule has 0 saturated carbocycles. The van der Waals surface area contributed by atoms with Crippen molar-refractivity contribution in [2.75, 3.05) is 37.1 Å². The normalized spacial score (nSPS) is 17.3. The molecule has 2 aliphatic rings. The molecule has 0 bridgehead atoms. The number of imidazole rings is 2. The minimum absolute atomic E-state index is 0.0143. The summed E-state index contributed by atoms with van der Waals surface area (Å²) in [5.41, 5.74) is 0.625. The number of carbonyl (C=O) groups excluding carboxylic acids is 2. The Hall–Kier alpha value is -9.62. The predicted molar refractivity (Wildman–Crippen MR) is 282 cm³/mol. The second-order valence-electron chi connectivity index (χ2n) is 18.3. The molecule has 2 amide bonds. The van der Waals surface area contributed by atoms with Crippen LogP contribution < -0.4 is 20.1 Å².